The fraction of sp³-hybridized carbons (Fsp3) is 0.0189. The van der Waals surface area contributed by atoms with Crippen LogP contribution in [0, 0.1) is 0 Å². The summed E-state index contributed by atoms with van der Waals surface area (Å²) < 4.78 is 27.1. The van der Waals surface area contributed by atoms with E-state index in [0.29, 0.717) is 0 Å². The first-order chi connectivity index (χ1) is 55.9. The molecule has 113 heavy (non-hydrogen) atoms. The molecule has 0 bridgehead atoms. The number of fused-ring (bicyclic) bond motifs is 28. The van der Waals surface area contributed by atoms with Gasteiger partial charge in [-0.2, -0.15) is 0 Å². The Bertz CT molecular complexity index is 7190. The first kappa shape index (κ1) is 65.8. The van der Waals surface area contributed by atoms with Crippen LogP contribution in [0.4, 0.5) is 28.4 Å². The molecule has 4 heterocycles. The van der Waals surface area contributed by atoms with Crippen molar-refractivity contribution in [1.29, 1.82) is 0 Å². The van der Waals surface area contributed by atoms with Gasteiger partial charge in [-0.05, 0) is 151 Å². The quantitative estimate of drug-likeness (QED) is 0.172. The molecule has 2 atom stereocenters. The van der Waals surface area contributed by atoms with Crippen LogP contribution in [0.2, 0.25) is 0 Å². The van der Waals surface area contributed by atoms with Crippen LogP contribution in [0.25, 0.3) is 110 Å². The van der Waals surface area contributed by atoms with Gasteiger partial charge in [0.2, 0.25) is 0 Å². The molecule has 4 aliphatic rings. The number of ether oxygens (including phenoxy) is 2. The molecule has 0 saturated heterocycles. The molecule has 24 rings (SSSR count). The zero-order valence-corrected chi connectivity index (χ0v) is 62.6. The van der Waals surface area contributed by atoms with Crippen molar-refractivity contribution in [3.8, 4) is 67.5 Å². The third-order valence-corrected chi connectivity index (χ3v) is 24.1. The Morgan fingerprint density at radius 1 is 0.257 bits per heavy atom. The van der Waals surface area contributed by atoms with Crippen molar-refractivity contribution in [3.63, 3.8) is 0 Å². The standard InChI is InChI=1S/C53H33NO2.C29H17BrO.C24H17NO/c1-2-13-34(14-3-1)35-25-28-37(29-26-35)54(38-30-31-41-40-17-7-10-23-48(40)55-50(41)33-38)47-22-12-21-45-51(47)42-18-6-8-19-43(42)53(45)44-20-9-11-24-49(44)56-52-39-16-5-4-15-36(39)27-32-46(52)53;30-25-14-7-13-23-27(25)20-10-3-4-11-21(20)29(23)22-12-5-6-15-26(22)31-28-19-9-2-1-8-18(19)16-17-24(28)29;1-2-6-17(7-3-1)18-10-12-19(13-11-18)25-20-14-15-22-21-8-4-5-9-23(21)26-24(22)16-20/h1-33H;1-17H;1-16,25H. The SMILES string of the molecule is Brc1cccc2c1-c1ccccc1C21c2ccccc2Oc2c1ccc1ccccc21.c1ccc(-c2ccc(N(c3ccc4c(c3)oc3ccccc34)c3cccc4c3-c3ccccc3C43c4ccccc4Oc4c3ccc3ccccc43)cc2)cc1.c1ccc(-c2ccc(Nc3ccc4c(c3)oc3ccccc34)cc2)cc1. The van der Waals surface area contributed by atoms with Crippen LogP contribution in [0.3, 0.4) is 0 Å². The van der Waals surface area contributed by atoms with Crippen LogP contribution in [0.1, 0.15) is 44.5 Å². The summed E-state index contributed by atoms with van der Waals surface area (Å²) in [4.78, 5) is 2.41. The topological polar surface area (TPSA) is 60.0 Å². The van der Waals surface area contributed by atoms with E-state index in [0.717, 1.165) is 127 Å². The molecular formula is C106H67BrN2O4. The zero-order valence-electron chi connectivity index (χ0n) is 61.1. The van der Waals surface area contributed by atoms with E-state index >= 15 is 0 Å². The van der Waals surface area contributed by atoms with E-state index in [-0.39, 0.29) is 0 Å². The van der Waals surface area contributed by atoms with Gasteiger partial charge in [-0.3, -0.25) is 0 Å². The smallest absolute Gasteiger partial charge is 0.140 e. The van der Waals surface area contributed by atoms with Gasteiger partial charge in [0.1, 0.15) is 45.3 Å². The molecule has 2 spiro atoms. The van der Waals surface area contributed by atoms with E-state index in [1.807, 2.05) is 36.4 Å². The lowest BCUT2D eigenvalue weighted by Crippen LogP contribution is -2.32. The van der Waals surface area contributed by atoms with E-state index in [1.165, 1.54) is 83.3 Å². The first-order valence-corrected chi connectivity index (χ1v) is 39.2. The summed E-state index contributed by atoms with van der Waals surface area (Å²) in [5, 5.41) is 12.6. The average molecular weight is 1510 g/mol. The molecule has 2 aliphatic carbocycles. The van der Waals surface area contributed by atoms with E-state index in [2.05, 4.69) is 390 Å². The largest absolute Gasteiger partial charge is 0.456 e. The third-order valence-electron chi connectivity index (χ3n) is 23.4. The molecule has 7 heteroatoms. The fourth-order valence-corrected chi connectivity index (χ4v) is 19.1. The fourth-order valence-electron chi connectivity index (χ4n) is 18.5. The van der Waals surface area contributed by atoms with Gasteiger partial charge in [0.25, 0.3) is 0 Å². The molecule has 0 amide bonds. The highest BCUT2D eigenvalue weighted by atomic mass is 79.9. The third kappa shape index (κ3) is 10.4. The van der Waals surface area contributed by atoms with Crippen LogP contribution in [0.15, 0.2) is 414 Å². The normalized spacial score (nSPS) is 14.8. The lowest BCUT2D eigenvalue weighted by Gasteiger charge is -2.40. The zero-order chi connectivity index (χ0) is 74.7. The lowest BCUT2D eigenvalue weighted by atomic mass is 9.65. The maximum atomic E-state index is 6.92. The maximum Gasteiger partial charge on any atom is 0.140 e. The molecule has 6 nitrogen and oxygen atoms in total. The lowest BCUT2D eigenvalue weighted by molar-refractivity contribution is 0.441. The molecule has 1 N–H and O–H groups in total. The minimum Gasteiger partial charge on any atom is -0.456 e. The van der Waals surface area contributed by atoms with Gasteiger partial charge in [0.15, 0.2) is 0 Å². The van der Waals surface area contributed by atoms with Crippen molar-refractivity contribution in [2.45, 2.75) is 10.8 Å². The highest BCUT2D eigenvalue weighted by Crippen LogP contribution is 2.67. The number of furan rings is 2. The highest BCUT2D eigenvalue weighted by Gasteiger charge is 2.54. The Balaban J connectivity index is 0.000000115. The van der Waals surface area contributed by atoms with E-state index in [1.54, 1.807) is 0 Å². The minimum absolute atomic E-state index is 0.413. The summed E-state index contributed by atoms with van der Waals surface area (Å²) in [6.07, 6.45) is 0. The second-order valence-electron chi connectivity index (χ2n) is 29.4. The summed E-state index contributed by atoms with van der Waals surface area (Å²) in [5.41, 5.74) is 27.4. The molecule has 18 aromatic carbocycles. The van der Waals surface area contributed by atoms with Gasteiger partial charge >= 0.3 is 0 Å². The Morgan fingerprint density at radius 2 is 0.664 bits per heavy atom. The number of halogens is 1. The Hall–Kier alpha value is -14.2. The van der Waals surface area contributed by atoms with Crippen LogP contribution in [-0.2, 0) is 10.8 Å². The molecular weight excluding hydrogens is 1450 g/mol. The molecule has 2 unspecified atom stereocenters. The summed E-state index contributed by atoms with van der Waals surface area (Å²) in [6, 6.07) is 142. The summed E-state index contributed by atoms with van der Waals surface area (Å²) in [7, 11) is 0. The number of hydrogen-bond donors (Lipinski definition) is 1. The second kappa shape index (κ2) is 26.5. The predicted octanol–water partition coefficient (Wildman–Crippen LogP) is 29.4. The van der Waals surface area contributed by atoms with Gasteiger partial charge in [-0.1, -0.05) is 319 Å². The van der Waals surface area contributed by atoms with Gasteiger partial charge in [0, 0.05) is 105 Å². The molecule has 532 valence electrons. The van der Waals surface area contributed by atoms with Crippen LogP contribution >= 0.6 is 15.9 Å². The number of nitrogens with one attached hydrogen (secondary N) is 1. The number of nitrogens with zero attached hydrogens (tertiary/aromatic N) is 1. The van der Waals surface area contributed by atoms with Crippen molar-refractivity contribution >= 4 is 110 Å². The summed E-state index contributed by atoms with van der Waals surface area (Å²) >= 11 is 3.86. The number of hydrogen-bond acceptors (Lipinski definition) is 6. The van der Waals surface area contributed by atoms with Gasteiger partial charge < -0.3 is 28.5 Å². The van der Waals surface area contributed by atoms with Gasteiger partial charge in [-0.15, -0.1) is 0 Å². The van der Waals surface area contributed by atoms with Crippen molar-refractivity contribution < 1.29 is 18.3 Å². The number of benzene rings is 18. The maximum absolute atomic E-state index is 6.92. The first-order valence-electron chi connectivity index (χ1n) is 38.4. The minimum atomic E-state index is -0.609. The van der Waals surface area contributed by atoms with Crippen molar-refractivity contribution in [1.82, 2.24) is 0 Å². The summed E-state index contributed by atoms with van der Waals surface area (Å²) in [6.45, 7) is 0. The molecule has 2 aromatic heterocycles. The Morgan fingerprint density at radius 3 is 1.24 bits per heavy atom. The van der Waals surface area contributed by atoms with Crippen molar-refractivity contribution in [3.05, 3.63) is 449 Å². The monoisotopic (exact) mass is 1510 g/mol. The second-order valence-corrected chi connectivity index (χ2v) is 30.2. The number of anilines is 5. The number of rotatable bonds is 7. The van der Waals surface area contributed by atoms with Crippen LogP contribution in [0.5, 0.6) is 23.0 Å². The predicted molar refractivity (Wildman–Crippen MR) is 467 cm³/mol. The van der Waals surface area contributed by atoms with Crippen molar-refractivity contribution in [2.75, 3.05) is 10.2 Å². The van der Waals surface area contributed by atoms with Crippen LogP contribution in [-0.4, -0.2) is 0 Å². The van der Waals surface area contributed by atoms with E-state index < -0.39 is 10.8 Å². The van der Waals surface area contributed by atoms with Crippen molar-refractivity contribution in [2.24, 2.45) is 0 Å². The molecule has 2 aliphatic heterocycles. The van der Waals surface area contributed by atoms with E-state index in [4.69, 9.17) is 18.3 Å². The average Bonchev–Trinajstić information content (AvgIpc) is 1.55. The van der Waals surface area contributed by atoms with Crippen LogP contribution < -0.4 is 19.7 Å². The number of para-hydroxylation sites is 4. The van der Waals surface area contributed by atoms with E-state index in [9.17, 15) is 0 Å². The Kier molecular flexibility index (Phi) is 15.4. The Labute approximate surface area is 661 Å². The van der Waals surface area contributed by atoms with Gasteiger partial charge in [-0.25, -0.2) is 0 Å². The molecule has 0 radical (unpaired) electrons. The molecule has 20 aromatic rings. The molecule has 0 fully saturated rings. The summed E-state index contributed by atoms with van der Waals surface area (Å²) in [5.74, 6) is 3.68. The molecule has 0 saturated carbocycles. The highest BCUT2D eigenvalue weighted by molar-refractivity contribution is 9.10. The van der Waals surface area contributed by atoms with Gasteiger partial charge in [0.05, 0.1) is 16.5 Å².